The fraction of sp³-hybridized carbons (Fsp3) is 0.933. The van der Waals surface area contributed by atoms with Crippen LogP contribution in [0.15, 0.2) is 0 Å². The van der Waals surface area contributed by atoms with Gasteiger partial charge in [0, 0.05) is 19.3 Å². The van der Waals surface area contributed by atoms with Gasteiger partial charge in [-0.25, -0.2) is 0 Å². The van der Waals surface area contributed by atoms with E-state index in [0.29, 0.717) is 19.3 Å². The maximum atomic E-state index is 12.7. The molecule has 0 aliphatic heterocycles. The molecule has 0 aliphatic rings. The molecule has 0 aliphatic carbocycles. The van der Waals surface area contributed by atoms with Gasteiger partial charge in [-0.3, -0.25) is 14.4 Å². The van der Waals surface area contributed by atoms with Gasteiger partial charge in [0.2, 0.25) is 0 Å². The van der Waals surface area contributed by atoms with Crippen LogP contribution in [-0.4, -0.2) is 37.2 Å². The van der Waals surface area contributed by atoms with Crippen LogP contribution in [0.1, 0.15) is 240 Å². The predicted molar refractivity (Wildman–Crippen MR) is 215 cm³/mol. The molecule has 0 aromatic carbocycles. The van der Waals surface area contributed by atoms with Gasteiger partial charge in [0.05, 0.1) is 0 Å². The molecule has 1 atom stereocenters. The fourth-order valence-electron chi connectivity index (χ4n) is 6.58. The van der Waals surface area contributed by atoms with Gasteiger partial charge >= 0.3 is 17.9 Å². The Kier molecular flexibility index (Phi) is 37.0. The summed E-state index contributed by atoms with van der Waals surface area (Å²) in [5.41, 5.74) is 0. The number of ether oxygens (including phenoxy) is 3. The van der Waals surface area contributed by atoms with Crippen LogP contribution in [0, 0.1) is 11.8 Å². The van der Waals surface area contributed by atoms with Crippen LogP contribution in [0.4, 0.5) is 0 Å². The SMILES string of the molecule is CCCCCCCC(=O)OC[C@H](COC(=O)CCCCCCCCCCCCCC(C)C)OC(=O)CCCCCCCCCCCCCC(C)C. The average molecular weight is 723 g/mol. The second kappa shape index (κ2) is 38.1. The Hall–Kier alpha value is -1.59. The summed E-state index contributed by atoms with van der Waals surface area (Å²) in [6, 6.07) is 0. The molecule has 0 heterocycles. The van der Waals surface area contributed by atoms with Crippen LogP contribution in [0.2, 0.25) is 0 Å². The number of carbonyl (C=O) groups is 3. The van der Waals surface area contributed by atoms with Gasteiger partial charge in [-0.2, -0.15) is 0 Å². The minimum atomic E-state index is -0.758. The molecule has 51 heavy (non-hydrogen) atoms. The van der Waals surface area contributed by atoms with E-state index in [1.807, 2.05) is 0 Å². The highest BCUT2D eigenvalue weighted by molar-refractivity contribution is 5.71. The fourth-order valence-corrected chi connectivity index (χ4v) is 6.58. The first-order valence-electron chi connectivity index (χ1n) is 22.2. The highest BCUT2D eigenvalue weighted by Crippen LogP contribution is 2.16. The summed E-state index contributed by atoms with van der Waals surface area (Å²) in [6.45, 7) is 11.2. The molecule has 0 saturated carbocycles. The van der Waals surface area contributed by atoms with Crippen LogP contribution in [0.3, 0.4) is 0 Å². The molecular weight excluding hydrogens is 636 g/mol. The lowest BCUT2D eigenvalue weighted by Crippen LogP contribution is -2.30. The van der Waals surface area contributed by atoms with Crippen LogP contribution in [0.25, 0.3) is 0 Å². The van der Waals surface area contributed by atoms with Gasteiger partial charge in [-0.05, 0) is 31.1 Å². The largest absolute Gasteiger partial charge is 0.462 e. The van der Waals surface area contributed by atoms with Crippen molar-refractivity contribution < 1.29 is 28.6 Å². The second-order valence-corrected chi connectivity index (χ2v) is 16.3. The number of hydrogen-bond acceptors (Lipinski definition) is 6. The monoisotopic (exact) mass is 723 g/mol. The van der Waals surface area contributed by atoms with E-state index >= 15 is 0 Å². The summed E-state index contributed by atoms with van der Waals surface area (Å²) >= 11 is 0. The van der Waals surface area contributed by atoms with E-state index in [-0.39, 0.29) is 31.1 Å². The molecule has 6 heteroatoms. The van der Waals surface area contributed by atoms with Crippen LogP contribution in [-0.2, 0) is 28.6 Å². The van der Waals surface area contributed by atoms with E-state index in [9.17, 15) is 14.4 Å². The smallest absolute Gasteiger partial charge is 0.306 e. The topological polar surface area (TPSA) is 78.9 Å². The van der Waals surface area contributed by atoms with Gasteiger partial charge < -0.3 is 14.2 Å². The van der Waals surface area contributed by atoms with Crippen LogP contribution >= 0.6 is 0 Å². The van der Waals surface area contributed by atoms with Crippen LogP contribution in [0.5, 0.6) is 0 Å². The predicted octanol–water partition coefficient (Wildman–Crippen LogP) is 13.8. The Morgan fingerprint density at radius 2 is 0.647 bits per heavy atom. The summed E-state index contributed by atoms with van der Waals surface area (Å²) in [5.74, 6) is 0.780. The molecular formula is C45H86O6. The van der Waals surface area contributed by atoms with E-state index in [2.05, 4.69) is 34.6 Å². The maximum Gasteiger partial charge on any atom is 0.306 e. The lowest BCUT2D eigenvalue weighted by atomic mass is 10.0. The lowest BCUT2D eigenvalue weighted by molar-refractivity contribution is -0.167. The Morgan fingerprint density at radius 1 is 0.373 bits per heavy atom. The zero-order chi connectivity index (χ0) is 37.6. The molecule has 0 bridgehead atoms. The normalized spacial score (nSPS) is 12.1. The molecule has 6 nitrogen and oxygen atoms in total. The van der Waals surface area contributed by atoms with Crippen molar-refractivity contribution >= 4 is 17.9 Å². The van der Waals surface area contributed by atoms with Crippen molar-refractivity contribution in [2.24, 2.45) is 11.8 Å². The van der Waals surface area contributed by atoms with E-state index in [0.717, 1.165) is 76.0 Å². The minimum absolute atomic E-state index is 0.0659. The quantitative estimate of drug-likeness (QED) is 0.0357. The molecule has 302 valence electrons. The molecule has 0 spiro atoms. The second-order valence-electron chi connectivity index (χ2n) is 16.3. The van der Waals surface area contributed by atoms with Crippen molar-refractivity contribution in [2.45, 2.75) is 246 Å². The zero-order valence-electron chi connectivity index (χ0n) is 34.7. The molecule has 0 N–H and O–H groups in total. The summed E-state index contributed by atoms with van der Waals surface area (Å²) < 4.78 is 16.6. The summed E-state index contributed by atoms with van der Waals surface area (Å²) in [7, 11) is 0. The third kappa shape index (κ3) is 39.5. The van der Waals surface area contributed by atoms with Gasteiger partial charge in [0.25, 0.3) is 0 Å². The van der Waals surface area contributed by atoms with Crippen molar-refractivity contribution in [1.82, 2.24) is 0 Å². The summed E-state index contributed by atoms with van der Waals surface area (Å²) in [6.07, 6.45) is 35.4. The number of carbonyl (C=O) groups excluding carboxylic acids is 3. The number of rotatable bonds is 39. The zero-order valence-corrected chi connectivity index (χ0v) is 34.7. The number of unbranched alkanes of at least 4 members (excludes halogenated alkanes) is 24. The first-order valence-corrected chi connectivity index (χ1v) is 22.2. The Labute approximate surface area is 317 Å². The van der Waals surface area contributed by atoms with Crippen molar-refractivity contribution in [3.05, 3.63) is 0 Å². The van der Waals surface area contributed by atoms with Gasteiger partial charge in [0.1, 0.15) is 13.2 Å². The molecule has 0 aromatic rings. The Morgan fingerprint density at radius 3 is 0.961 bits per heavy atom. The average Bonchev–Trinajstić information content (AvgIpc) is 3.09. The Balaban J connectivity index is 4.20. The molecule has 0 unspecified atom stereocenters. The molecule has 0 radical (unpaired) electrons. The first-order chi connectivity index (χ1) is 24.7. The van der Waals surface area contributed by atoms with E-state index in [1.165, 1.54) is 122 Å². The van der Waals surface area contributed by atoms with Gasteiger partial charge in [0.15, 0.2) is 6.10 Å². The summed E-state index contributed by atoms with van der Waals surface area (Å²) in [5, 5.41) is 0. The summed E-state index contributed by atoms with van der Waals surface area (Å²) in [4.78, 5) is 37.4. The van der Waals surface area contributed by atoms with Crippen molar-refractivity contribution in [2.75, 3.05) is 13.2 Å². The third-order valence-corrected chi connectivity index (χ3v) is 9.97. The lowest BCUT2D eigenvalue weighted by Gasteiger charge is -2.18. The standard InChI is InChI=1S/C45H86O6/c1-6-7-8-23-30-35-43(46)49-38-42(51-45(48)37-32-27-22-18-14-10-12-16-20-25-29-34-41(4)5)39-50-44(47)36-31-26-21-17-13-9-11-15-19-24-28-33-40(2)3/h40-42H,6-39H2,1-5H3/t42-/m1/s1. The maximum absolute atomic E-state index is 12.7. The van der Waals surface area contributed by atoms with Gasteiger partial charge in [-0.15, -0.1) is 0 Å². The highest BCUT2D eigenvalue weighted by atomic mass is 16.6. The minimum Gasteiger partial charge on any atom is -0.462 e. The molecule has 0 aromatic heterocycles. The Bertz CT molecular complexity index is 779. The molecule has 0 rings (SSSR count). The van der Waals surface area contributed by atoms with Gasteiger partial charge in [-0.1, -0.05) is 202 Å². The van der Waals surface area contributed by atoms with E-state index in [4.69, 9.17) is 14.2 Å². The van der Waals surface area contributed by atoms with E-state index in [1.54, 1.807) is 0 Å². The third-order valence-electron chi connectivity index (χ3n) is 9.97. The van der Waals surface area contributed by atoms with E-state index < -0.39 is 6.10 Å². The number of hydrogen-bond donors (Lipinski definition) is 0. The van der Waals surface area contributed by atoms with Crippen LogP contribution < -0.4 is 0 Å². The van der Waals surface area contributed by atoms with Crippen molar-refractivity contribution in [3.8, 4) is 0 Å². The number of esters is 3. The first kappa shape index (κ1) is 49.4. The molecule has 0 fully saturated rings. The highest BCUT2D eigenvalue weighted by Gasteiger charge is 2.19. The van der Waals surface area contributed by atoms with Crippen molar-refractivity contribution in [3.63, 3.8) is 0 Å². The molecule has 0 saturated heterocycles. The molecule has 0 amide bonds. The van der Waals surface area contributed by atoms with Crippen molar-refractivity contribution in [1.29, 1.82) is 0 Å².